The van der Waals surface area contributed by atoms with Crippen LogP contribution in [-0.4, -0.2) is 23.8 Å². The van der Waals surface area contributed by atoms with Crippen LogP contribution in [0.3, 0.4) is 0 Å². The van der Waals surface area contributed by atoms with Crippen LogP contribution < -0.4 is 0 Å². The van der Waals surface area contributed by atoms with Gasteiger partial charge in [0.25, 0.3) is 5.09 Å². The predicted octanol–water partition coefficient (Wildman–Crippen LogP) is 8.25. The van der Waals surface area contributed by atoms with Crippen LogP contribution in [0.25, 0.3) is 0 Å². The van der Waals surface area contributed by atoms with Crippen LogP contribution in [-0.2, 0) is 14.4 Å². The van der Waals surface area contributed by atoms with Gasteiger partial charge in [0.1, 0.15) is 6.10 Å². The van der Waals surface area contributed by atoms with E-state index in [9.17, 15) is 14.9 Å². The van der Waals surface area contributed by atoms with Crippen molar-refractivity contribution in [1.82, 2.24) is 0 Å². The summed E-state index contributed by atoms with van der Waals surface area (Å²) in [4.78, 5) is 27.9. The quantitative estimate of drug-likeness (QED) is 0.191. The largest absolute Gasteiger partial charge is 0.462 e. The SMILES string of the molecule is CC(=O)O[C@H]1CC[C@]2(C)[C@H]3CC[C@H]4[C@H]5[C@H](C(C)C)CC[C@]5(CCO[N+](=O)[O-])CC[C@@]4(C)[C@]3(C)CC[C@H]2C1(C)C. The van der Waals surface area contributed by atoms with Crippen molar-refractivity contribution >= 4 is 5.97 Å². The molecule has 6 nitrogen and oxygen atoms in total. The summed E-state index contributed by atoms with van der Waals surface area (Å²) in [5, 5.41) is 10.4. The van der Waals surface area contributed by atoms with Gasteiger partial charge in [-0.3, -0.25) is 4.79 Å². The lowest BCUT2D eigenvalue weighted by molar-refractivity contribution is -0.758. The van der Waals surface area contributed by atoms with Gasteiger partial charge in [0, 0.05) is 12.3 Å². The van der Waals surface area contributed by atoms with Gasteiger partial charge in [-0.15, -0.1) is 10.1 Å². The molecule has 0 heterocycles. The van der Waals surface area contributed by atoms with Crippen molar-refractivity contribution in [3.05, 3.63) is 10.1 Å². The van der Waals surface area contributed by atoms with E-state index in [1.165, 1.54) is 51.4 Å². The summed E-state index contributed by atoms with van der Waals surface area (Å²) in [7, 11) is 0. The van der Waals surface area contributed by atoms with Crippen molar-refractivity contribution in [2.45, 2.75) is 132 Å². The molecule has 0 aromatic carbocycles. The first-order valence-electron chi connectivity index (χ1n) is 16.1. The van der Waals surface area contributed by atoms with Crippen LogP contribution >= 0.6 is 0 Å². The van der Waals surface area contributed by atoms with Gasteiger partial charge in [-0.25, -0.2) is 0 Å². The molecular formula is C33H55NO5. The molecule has 0 aliphatic heterocycles. The third kappa shape index (κ3) is 4.18. The fourth-order valence-corrected chi connectivity index (χ4v) is 12.7. The van der Waals surface area contributed by atoms with E-state index in [-0.39, 0.29) is 40.3 Å². The van der Waals surface area contributed by atoms with Crippen LogP contribution in [0.2, 0.25) is 0 Å². The normalized spacial score (nSPS) is 48.3. The van der Waals surface area contributed by atoms with Gasteiger partial charge in [0.15, 0.2) is 0 Å². The summed E-state index contributed by atoms with van der Waals surface area (Å²) < 4.78 is 5.92. The first-order chi connectivity index (χ1) is 18.1. The maximum Gasteiger partial charge on any atom is 0.302 e. The Morgan fingerprint density at radius 1 is 0.897 bits per heavy atom. The summed E-state index contributed by atoms with van der Waals surface area (Å²) >= 11 is 0. The highest BCUT2D eigenvalue weighted by Gasteiger charge is 2.71. The molecule has 0 amide bonds. The number of nitrogens with zero attached hydrogens (tertiary/aromatic N) is 1. The minimum absolute atomic E-state index is 0.00925. The molecule has 39 heavy (non-hydrogen) atoms. The lowest BCUT2D eigenvalue weighted by atomic mass is 9.32. The molecule has 10 atom stereocenters. The summed E-state index contributed by atoms with van der Waals surface area (Å²) in [5.74, 6) is 3.79. The first-order valence-corrected chi connectivity index (χ1v) is 16.1. The van der Waals surface area contributed by atoms with Crippen LogP contribution in [0.5, 0.6) is 0 Å². The summed E-state index contributed by atoms with van der Waals surface area (Å²) in [6.07, 6.45) is 12.9. The number of carbonyl (C=O) groups excluding carboxylic acids is 1. The van der Waals surface area contributed by atoms with E-state index in [0.717, 1.165) is 19.3 Å². The monoisotopic (exact) mass is 545 g/mol. The molecule has 5 aliphatic rings. The fourth-order valence-electron chi connectivity index (χ4n) is 12.7. The van der Waals surface area contributed by atoms with Crippen molar-refractivity contribution in [3.8, 4) is 0 Å². The van der Waals surface area contributed by atoms with Crippen LogP contribution in [0.1, 0.15) is 126 Å². The van der Waals surface area contributed by atoms with Gasteiger partial charge < -0.3 is 9.57 Å². The van der Waals surface area contributed by atoms with Crippen molar-refractivity contribution in [2.75, 3.05) is 6.61 Å². The highest BCUT2D eigenvalue weighted by molar-refractivity contribution is 5.66. The Hall–Kier alpha value is -1.33. The third-order valence-electron chi connectivity index (χ3n) is 14.6. The number of esters is 1. The molecular weight excluding hydrogens is 490 g/mol. The number of rotatable bonds is 6. The molecule has 0 radical (unpaired) electrons. The molecule has 222 valence electrons. The van der Waals surface area contributed by atoms with Gasteiger partial charge >= 0.3 is 5.97 Å². The molecule has 0 N–H and O–H groups in total. The van der Waals surface area contributed by atoms with Crippen molar-refractivity contribution < 1.29 is 19.5 Å². The predicted molar refractivity (Wildman–Crippen MR) is 152 cm³/mol. The van der Waals surface area contributed by atoms with E-state index in [1.54, 1.807) is 6.92 Å². The second-order valence-electron chi connectivity index (χ2n) is 16.3. The van der Waals surface area contributed by atoms with E-state index >= 15 is 0 Å². The summed E-state index contributed by atoms with van der Waals surface area (Å²) in [6, 6.07) is 0. The summed E-state index contributed by atoms with van der Waals surface area (Å²) in [6.45, 7) is 19.3. The lowest BCUT2D eigenvalue weighted by Crippen LogP contribution is -2.66. The molecule has 0 aromatic rings. The van der Waals surface area contributed by atoms with Crippen LogP contribution in [0.15, 0.2) is 0 Å². The molecule has 0 aromatic heterocycles. The minimum atomic E-state index is -0.601. The van der Waals surface area contributed by atoms with Gasteiger partial charge in [-0.1, -0.05) is 48.5 Å². The zero-order valence-corrected chi connectivity index (χ0v) is 26.0. The number of hydrogen-bond acceptors (Lipinski definition) is 5. The Morgan fingerprint density at radius 2 is 1.62 bits per heavy atom. The number of ether oxygens (including phenoxy) is 1. The van der Waals surface area contributed by atoms with Crippen LogP contribution in [0.4, 0.5) is 0 Å². The standard InChI is InChI=1S/C33H55NO5/c1-21(2)23-11-16-33(19-20-38-34(36)37)18-17-31(7)24(28(23)33)9-10-26-30(6)14-13-27(39-22(3)35)29(4,5)25(30)12-15-32(26,31)8/h21,23-28H,9-20H2,1-8H3/t23-,24-,25-,26+,27-,28+,30-,31+,32+,33+/m0/s1. The number of fused-ring (bicyclic) bond motifs is 7. The zero-order chi connectivity index (χ0) is 28.6. The third-order valence-corrected chi connectivity index (χ3v) is 14.6. The minimum Gasteiger partial charge on any atom is -0.462 e. The molecule has 6 heteroatoms. The Morgan fingerprint density at radius 3 is 2.26 bits per heavy atom. The van der Waals surface area contributed by atoms with Crippen LogP contribution in [0, 0.1) is 72.7 Å². The van der Waals surface area contributed by atoms with Gasteiger partial charge in [0.05, 0.1) is 6.61 Å². The van der Waals surface area contributed by atoms with E-state index in [4.69, 9.17) is 9.57 Å². The van der Waals surface area contributed by atoms with Gasteiger partial charge in [-0.2, -0.15) is 0 Å². The average molecular weight is 546 g/mol. The van der Waals surface area contributed by atoms with Gasteiger partial charge in [-0.05, 0) is 128 Å². The van der Waals surface area contributed by atoms with Crippen molar-refractivity contribution in [3.63, 3.8) is 0 Å². The Bertz CT molecular complexity index is 979. The molecule has 5 saturated carbocycles. The van der Waals surface area contributed by atoms with E-state index in [1.807, 2.05) is 0 Å². The second-order valence-corrected chi connectivity index (χ2v) is 16.3. The fraction of sp³-hybridized carbons (Fsp3) is 0.970. The zero-order valence-electron chi connectivity index (χ0n) is 26.0. The molecule has 0 saturated heterocycles. The van der Waals surface area contributed by atoms with E-state index in [2.05, 4.69) is 48.5 Å². The van der Waals surface area contributed by atoms with Gasteiger partial charge in [0.2, 0.25) is 0 Å². The maximum atomic E-state index is 11.9. The molecule has 0 unspecified atom stereocenters. The Balaban J connectivity index is 1.47. The van der Waals surface area contributed by atoms with Crippen molar-refractivity contribution in [2.24, 2.45) is 62.6 Å². The second kappa shape index (κ2) is 9.61. The lowest BCUT2D eigenvalue weighted by Gasteiger charge is -2.73. The highest BCUT2D eigenvalue weighted by Crippen LogP contribution is 2.78. The summed E-state index contributed by atoms with van der Waals surface area (Å²) in [5.41, 5.74) is 1.03. The van der Waals surface area contributed by atoms with E-state index in [0.29, 0.717) is 40.9 Å². The molecule has 5 fully saturated rings. The Kier molecular flexibility index (Phi) is 7.19. The first kappa shape index (κ1) is 29.2. The molecule has 0 bridgehead atoms. The van der Waals surface area contributed by atoms with E-state index < -0.39 is 5.09 Å². The highest BCUT2D eigenvalue weighted by atomic mass is 16.9. The topological polar surface area (TPSA) is 78.7 Å². The Labute approximate surface area is 236 Å². The maximum absolute atomic E-state index is 11.9. The number of carbonyl (C=O) groups is 1. The molecule has 5 rings (SSSR count). The number of hydrogen-bond donors (Lipinski definition) is 0. The average Bonchev–Trinajstić information content (AvgIpc) is 3.21. The molecule has 0 spiro atoms. The van der Waals surface area contributed by atoms with Crippen molar-refractivity contribution in [1.29, 1.82) is 0 Å². The molecule has 5 aliphatic carbocycles. The smallest absolute Gasteiger partial charge is 0.302 e.